The Labute approximate surface area is 123 Å². The van der Waals surface area contributed by atoms with Crippen LogP contribution in [0.2, 0.25) is 5.02 Å². The topological polar surface area (TPSA) is 78.6 Å². The van der Waals surface area contributed by atoms with Crippen LogP contribution in [-0.2, 0) is 4.79 Å². The van der Waals surface area contributed by atoms with E-state index in [9.17, 15) is 9.90 Å². The fourth-order valence-corrected chi connectivity index (χ4v) is 2.62. The van der Waals surface area contributed by atoms with E-state index in [1.54, 1.807) is 25.1 Å². The first-order valence-electron chi connectivity index (χ1n) is 6.71. The number of carbonyl (C=O) groups excluding carboxylic acids is 1. The summed E-state index contributed by atoms with van der Waals surface area (Å²) in [6.07, 6.45) is 0.601. The lowest BCUT2D eigenvalue weighted by molar-refractivity contribution is -0.117. The van der Waals surface area contributed by atoms with Crippen molar-refractivity contribution in [1.82, 2.24) is 4.90 Å². The smallest absolute Gasteiger partial charge is 0.238 e. The number of hydrogen-bond donors (Lipinski definition) is 3. The number of hydrogen-bond acceptors (Lipinski definition) is 4. The Bertz CT molecular complexity index is 493. The number of nitrogens with two attached hydrogens (primary N) is 1. The van der Waals surface area contributed by atoms with Gasteiger partial charge >= 0.3 is 0 Å². The monoisotopic (exact) mass is 297 g/mol. The standard InChI is InChI=1S/C14H20ClN3O2/c1-9(19)10-4-5-18(7-10)8-14(20)17-13-3-2-11(15)6-12(13)16/h2-3,6,9-10,19H,4-5,7-8,16H2,1H3,(H,17,20). The molecule has 1 aromatic rings. The molecular weight excluding hydrogens is 278 g/mol. The third-order valence-electron chi connectivity index (χ3n) is 3.65. The van der Waals surface area contributed by atoms with E-state index in [1.807, 2.05) is 4.90 Å². The van der Waals surface area contributed by atoms with Crippen LogP contribution in [0.25, 0.3) is 0 Å². The third kappa shape index (κ3) is 3.85. The lowest BCUT2D eigenvalue weighted by Crippen LogP contribution is -2.32. The summed E-state index contributed by atoms with van der Waals surface area (Å²) in [6.45, 7) is 3.69. The second kappa shape index (κ2) is 6.43. The van der Waals surface area contributed by atoms with Crippen LogP contribution < -0.4 is 11.1 Å². The maximum absolute atomic E-state index is 12.0. The molecule has 0 aromatic heterocycles. The highest BCUT2D eigenvalue weighted by Crippen LogP contribution is 2.23. The summed E-state index contributed by atoms with van der Waals surface area (Å²) >= 11 is 5.81. The predicted molar refractivity (Wildman–Crippen MR) is 80.7 cm³/mol. The molecule has 2 atom stereocenters. The molecule has 1 heterocycles. The first kappa shape index (κ1) is 15.1. The summed E-state index contributed by atoms with van der Waals surface area (Å²) in [5.74, 6) is 0.147. The molecule has 2 rings (SSSR count). The third-order valence-corrected chi connectivity index (χ3v) is 3.88. The minimum absolute atomic E-state index is 0.106. The zero-order chi connectivity index (χ0) is 14.7. The quantitative estimate of drug-likeness (QED) is 0.737. The number of likely N-dealkylation sites (tertiary alicyclic amines) is 1. The number of benzene rings is 1. The molecule has 110 valence electrons. The zero-order valence-electron chi connectivity index (χ0n) is 11.5. The van der Waals surface area contributed by atoms with Gasteiger partial charge in [-0.3, -0.25) is 9.69 Å². The Morgan fingerprint density at radius 3 is 3.00 bits per heavy atom. The molecule has 2 unspecified atom stereocenters. The molecule has 6 heteroatoms. The molecule has 5 nitrogen and oxygen atoms in total. The fraction of sp³-hybridized carbons (Fsp3) is 0.500. The fourth-order valence-electron chi connectivity index (χ4n) is 2.44. The Kier molecular flexibility index (Phi) is 4.86. The van der Waals surface area contributed by atoms with Gasteiger partial charge < -0.3 is 16.2 Å². The lowest BCUT2D eigenvalue weighted by Gasteiger charge is -2.17. The Hall–Kier alpha value is -1.30. The van der Waals surface area contributed by atoms with E-state index in [0.29, 0.717) is 22.9 Å². The van der Waals surface area contributed by atoms with Crippen LogP contribution >= 0.6 is 11.6 Å². The maximum atomic E-state index is 12.0. The van der Waals surface area contributed by atoms with Crippen LogP contribution in [0, 0.1) is 5.92 Å². The van der Waals surface area contributed by atoms with Gasteiger partial charge in [0.25, 0.3) is 0 Å². The van der Waals surface area contributed by atoms with Crippen LogP contribution in [-0.4, -0.2) is 41.7 Å². The number of nitrogens with zero attached hydrogens (tertiary/aromatic N) is 1. The van der Waals surface area contributed by atoms with Crippen LogP contribution in [0.5, 0.6) is 0 Å². The highest BCUT2D eigenvalue weighted by molar-refractivity contribution is 6.31. The van der Waals surface area contributed by atoms with Gasteiger partial charge in [0.1, 0.15) is 0 Å². The van der Waals surface area contributed by atoms with E-state index in [0.717, 1.165) is 19.5 Å². The van der Waals surface area contributed by atoms with Gasteiger partial charge in [0.05, 0.1) is 24.0 Å². The number of amides is 1. The number of nitrogen functional groups attached to an aromatic ring is 1. The van der Waals surface area contributed by atoms with Crippen LogP contribution in [0.15, 0.2) is 18.2 Å². The van der Waals surface area contributed by atoms with Gasteiger partial charge in [-0.2, -0.15) is 0 Å². The number of nitrogens with one attached hydrogen (secondary N) is 1. The average Bonchev–Trinajstić information content (AvgIpc) is 2.81. The van der Waals surface area contributed by atoms with Crippen LogP contribution in [0.1, 0.15) is 13.3 Å². The molecule has 4 N–H and O–H groups in total. The Morgan fingerprint density at radius 1 is 1.65 bits per heavy atom. The molecule has 0 spiro atoms. The Morgan fingerprint density at radius 2 is 2.40 bits per heavy atom. The predicted octanol–water partition coefficient (Wildman–Crippen LogP) is 1.56. The van der Waals surface area contributed by atoms with Crippen molar-refractivity contribution in [1.29, 1.82) is 0 Å². The van der Waals surface area contributed by atoms with Gasteiger partial charge in [0, 0.05) is 11.6 Å². The van der Waals surface area contributed by atoms with Crippen molar-refractivity contribution in [2.45, 2.75) is 19.4 Å². The molecule has 0 radical (unpaired) electrons. The van der Waals surface area contributed by atoms with Crippen molar-refractivity contribution in [2.24, 2.45) is 5.92 Å². The number of halogens is 1. The molecule has 0 bridgehead atoms. The highest BCUT2D eigenvalue weighted by Gasteiger charge is 2.27. The largest absolute Gasteiger partial charge is 0.397 e. The summed E-state index contributed by atoms with van der Waals surface area (Å²) in [7, 11) is 0. The summed E-state index contributed by atoms with van der Waals surface area (Å²) < 4.78 is 0. The first-order valence-corrected chi connectivity index (χ1v) is 7.09. The molecule has 1 aliphatic heterocycles. The molecule has 20 heavy (non-hydrogen) atoms. The van der Waals surface area contributed by atoms with E-state index < -0.39 is 0 Å². The number of carbonyl (C=O) groups is 1. The number of aliphatic hydroxyl groups is 1. The van der Waals surface area contributed by atoms with Crippen LogP contribution in [0.4, 0.5) is 11.4 Å². The SMILES string of the molecule is CC(O)C1CCN(CC(=O)Nc2ccc(Cl)cc2N)C1. The van der Waals surface area contributed by atoms with Crippen molar-refractivity contribution >= 4 is 28.9 Å². The molecule has 1 aromatic carbocycles. The minimum Gasteiger partial charge on any atom is -0.397 e. The molecule has 1 amide bonds. The normalized spacial score (nSPS) is 20.9. The number of anilines is 2. The second-order valence-electron chi connectivity index (χ2n) is 5.30. The van der Waals surface area contributed by atoms with Gasteiger partial charge in [-0.1, -0.05) is 11.6 Å². The summed E-state index contributed by atoms with van der Waals surface area (Å²) in [4.78, 5) is 14.0. The molecular formula is C14H20ClN3O2. The van der Waals surface area contributed by atoms with E-state index >= 15 is 0 Å². The van der Waals surface area contributed by atoms with E-state index in [4.69, 9.17) is 17.3 Å². The van der Waals surface area contributed by atoms with Gasteiger partial charge in [0.15, 0.2) is 0 Å². The maximum Gasteiger partial charge on any atom is 0.238 e. The highest BCUT2D eigenvalue weighted by atomic mass is 35.5. The Balaban J connectivity index is 1.87. The first-order chi connectivity index (χ1) is 9.45. The zero-order valence-corrected chi connectivity index (χ0v) is 12.2. The van der Waals surface area contributed by atoms with E-state index in [-0.39, 0.29) is 17.9 Å². The molecule has 0 saturated carbocycles. The van der Waals surface area contributed by atoms with E-state index in [1.165, 1.54) is 0 Å². The molecule has 0 aliphatic carbocycles. The second-order valence-corrected chi connectivity index (χ2v) is 5.74. The van der Waals surface area contributed by atoms with Crippen molar-refractivity contribution in [3.63, 3.8) is 0 Å². The summed E-state index contributed by atoms with van der Waals surface area (Å²) in [5, 5.41) is 12.9. The van der Waals surface area contributed by atoms with Crippen molar-refractivity contribution in [2.75, 3.05) is 30.7 Å². The van der Waals surface area contributed by atoms with Crippen molar-refractivity contribution < 1.29 is 9.90 Å². The van der Waals surface area contributed by atoms with Crippen LogP contribution in [0.3, 0.4) is 0 Å². The van der Waals surface area contributed by atoms with Gasteiger partial charge in [-0.15, -0.1) is 0 Å². The molecule has 1 saturated heterocycles. The summed E-state index contributed by atoms with van der Waals surface area (Å²) in [6, 6.07) is 4.99. The van der Waals surface area contributed by atoms with Gasteiger partial charge in [-0.05, 0) is 44.0 Å². The number of aliphatic hydroxyl groups excluding tert-OH is 1. The average molecular weight is 298 g/mol. The van der Waals surface area contributed by atoms with Crippen molar-refractivity contribution in [3.05, 3.63) is 23.2 Å². The van der Waals surface area contributed by atoms with Crippen molar-refractivity contribution in [3.8, 4) is 0 Å². The lowest BCUT2D eigenvalue weighted by atomic mass is 10.0. The summed E-state index contributed by atoms with van der Waals surface area (Å²) in [5.41, 5.74) is 6.82. The minimum atomic E-state index is -0.324. The van der Waals surface area contributed by atoms with Gasteiger partial charge in [-0.25, -0.2) is 0 Å². The van der Waals surface area contributed by atoms with Gasteiger partial charge in [0.2, 0.25) is 5.91 Å². The molecule has 1 aliphatic rings. The molecule has 1 fully saturated rings. The number of rotatable bonds is 4. The van der Waals surface area contributed by atoms with E-state index in [2.05, 4.69) is 5.32 Å².